The van der Waals surface area contributed by atoms with Gasteiger partial charge in [0.05, 0.1) is 86.0 Å². The maximum Gasteiger partial charge on any atom is 0.192 e. The molecule has 15 heteroatoms. The molecule has 12 unspecified atom stereocenters. The first-order chi connectivity index (χ1) is 34.5. The summed E-state index contributed by atoms with van der Waals surface area (Å²) >= 11 is 0. The Balaban J connectivity index is 1.07. The van der Waals surface area contributed by atoms with E-state index >= 15 is 0 Å². The second-order valence-corrected chi connectivity index (χ2v) is 37.2. The van der Waals surface area contributed by atoms with E-state index in [4.69, 9.17) is 46.4 Å². The molecule has 17 atom stereocenters. The summed E-state index contributed by atoms with van der Waals surface area (Å²) in [6.45, 7) is 36.6. The lowest BCUT2D eigenvalue weighted by Gasteiger charge is -2.47. The van der Waals surface area contributed by atoms with Crippen molar-refractivity contribution in [1.82, 2.24) is 0 Å². The van der Waals surface area contributed by atoms with Crippen molar-refractivity contribution in [3.05, 3.63) is 37.0 Å². The van der Waals surface area contributed by atoms with Gasteiger partial charge in [-0.3, -0.25) is 0 Å². The van der Waals surface area contributed by atoms with E-state index in [0.29, 0.717) is 57.5 Å². The fourth-order valence-electron chi connectivity index (χ4n) is 13.8. The summed E-state index contributed by atoms with van der Waals surface area (Å²) < 4.78 is 69.2. The molecule has 6 aliphatic rings. The van der Waals surface area contributed by atoms with Crippen LogP contribution >= 0.6 is 0 Å². The van der Waals surface area contributed by atoms with Crippen LogP contribution in [0.1, 0.15) is 146 Å². The Morgan fingerprint density at radius 1 is 0.722 bits per heavy atom. The summed E-state index contributed by atoms with van der Waals surface area (Å²) in [5.74, 6) is -0.619. The van der Waals surface area contributed by atoms with Crippen molar-refractivity contribution >= 4 is 25.0 Å². The molecule has 6 saturated heterocycles. The number of rotatable bonds is 31. The predicted molar refractivity (Wildman–Crippen MR) is 295 cm³/mol. The van der Waals surface area contributed by atoms with Gasteiger partial charge in [-0.15, -0.1) is 6.58 Å². The van der Waals surface area contributed by atoms with Crippen molar-refractivity contribution in [2.45, 2.75) is 292 Å². The van der Waals surface area contributed by atoms with E-state index in [1.54, 1.807) is 7.11 Å². The first-order valence-corrected chi connectivity index (χ1v) is 36.9. The van der Waals surface area contributed by atoms with Gasteiger partial charge in [-0.05, 0) is 116 Å². The van der Waals surface area contributed by atoms with Crippen LogP contribution in [0.5, 0.6) is 0 Å². The Bertz CT molecular complexity index is 1670. The lowest BCUT2D eigenvalue weighted by atomic mass is 9.82. The number of hydrogen-bond donors (Lipinski definition) is 2. The van der Waals surface area contributed by atoms with Crippen molar-refractivity contribution < 1.29 is 56.6 Å². The molecule has 0 spiro atoms. The maximum absolute atomic E-state index is 11.4. The summed E-state index contributed by atoms with van der Waals surface area (Å²) in [4.78, 5) is 0. The highest BCUT2D eigenvalue weighted by molar-refractivity contribution is 6.74. The van der Waals surface area contributed by atoms with Crippen LogP contribution in [0.15, 0.2) is 37.0 Å². The minimum absolute atomic E-state index is 0.0135. The molecule has 6 rings (SSSR count). The van der Waals surface area contributed by atoms with Gasteiger partial charge in [-0.1, -0.05) is 88.5 Å². The normalized spacial score (nSPS) is 36.8. The van der Waals surface area contributed by atoms with Crippen molar-refractivity contribution in [1.29, 1.82) is 0 Å². The van der Waals surface area contributed by atoms with Crippen LogP contribution in [0.4, 0.5) is 0 Å². The number of methoxy groups -OCH3 is 1. The molecule has 6 fully saturated rings. The van der Waals surface area contributed by atoms with Crippen LogP contribution in [0.2, 0.25) is 54.4 Å². The number of aliphatic hydroxyl groups is 2. The highest BCUT2D eigenvalue weighted by Crippen LogP contribution is 2.49. The molecule has 0 amide bonds. The topological polar surface area (TPSA) is 133 Å². The first-order valence-electron chi connectivity index (χ1n) is 29.3. The molecule has 416 valence electrons. The highest BCUT2D eigenvalue weighted by Gasteiger charge is 2.59. The fraction of sp³-hybridized carbons (Fsp3) is 0.895. The lowest BCUT2D eigenvalue weighted by Crippen LogP contribution is -2.58. The number of hydrogen-bond acceptors (Lipinski definition) is 12. The Labute approximate surface area is 440 Å². The highest BCUT2D eigenvalue weighted by atomic mass is 28.4. The molecule has 0 aromatic heterocycles. The second-order valence-electron chi connectivity index (χ2n) is 23.0. The maximum atomic E-state index is 11.4. The van der Waals surface area contributed by atoms with Gasteiger partial charge in [0, 0.05) is 51.7 Å². The van der Waals surface area contributed by atoms with Crippen LogP contribution in [-0.4, -0.2) is 147 Å². The zero-order valence-electron chi connectivity index (χ0n) is 47.2. The molecule has 6 heterocycles. The van der Waals surface area contributed by atoms with Gasteiger partial charge in [-0.25, -0.2) is 0 Å². The number of aliphatic hydroxyl groups excluding tert-OH is 2. The molecular formula is C57H104O12Si3. The standard InChI is InChI=1S/C57H104O12Si3/c1-15-25-48-56(69-72(22-8,23-9)24-10)53-36-52(64-48)55-46(59)37-57(66-53,67-55)30-28-43-33-40(12)47(62-43)27-26-42-32-39(11)41(13)49(63-42)35-50-45(29-31-58)54(60-14)51(65-50)34-44(68-71(19-5,20-6)21-7)38-61-70(16-2,17-3)18-4/h15,39,42-56,58-59H,1,12-13,16-38H2,2-11,14H3/t39?,42?,43?,44?,45?,46?,47?,48?,49?,50-,51+,52+,53?,54+,55?,56?,57+/m0/s1. The van der Waals surface area contributed by atoms with E-state index in [2.05, 4.69) is 89.0 Å². The molecule has 2 N–H and O–H groups in total. The van der Waals surface area contributed by atoms with Gasteiger partial charge in [0.2, 0.25) is 0 Å². The van der Waals surface area contributed by atoms with E-state index in [0.717, 1.165) is 97.6 Å². The predicted octanol–water partition coefficient (Wildman–Crippen LogP) is 12.0. The van der Waals surface area contributed by atoms with Crippen molar-refractivity contribution in [3.63, 3.8) is 0 Å². The van der Waals surface area contributed by atoms with Crippen LogP contribution in [0.3, 0.4) is 0 Å². The van der Waals surface area contributed by atoms with Gasteiger partial charge < -0.3 is 56.6 Å². The summed E-state index contributed by atoms with van der Waals surface area (Å²) in [5.41, 5.74) is 2.24. The Morgan fingerprint density at radius 2 is 1.38 bits per heavy atom. The van der Waals surface area contributed by atoms with Crippen molar-refractivity contribution in [2.75, 3.05) is 20.3 Å². The quantitative estimate of drug-likeness (QED) is 0.0506. The summed E-state index contributed by atoms with van der Waals surface area (Å²) in [7, 11) is -4.01. The fourth-order valence-corrected chi connectivity index (χ4v) is 22.2. The zero-order valence-corrected chi connectivity index (χ0v) is 50.2. The minimum Gasteiger partial charge on any atom is -0.414 e. The van der Waals surface area contributed by atoms with E-state index < -0.39 is 42.9 Å². The number of fused-ring (bicyclic) bond motifs is 5. The van der Waals surface area contributed by atoms with Gasteiger partial charge in [0.15, 0.2) is 30.7 Å². The Kier molecular flexibility index (Phi) is 23.0. The molecular weight excluding hydrogens is 961 g/mol. The van der Waals surface area contributed by atoms with Gasteiger partial charge in [0.25, 0.3) is 0 Å². The minimum atomic E-state index is -1.99. The monoisotopic (exact) mass is 1060 g/mol. The zero-order chi connectivity index (χ0) is 52.4. The largest absolute Gasteiger partial charge is 0.414 e. The van der Waals surface area contributed by atoms with Crippen LogP contribution in [0.25, 0.3) is 0 Å². The van der Waals surface area contributed by atoms with Crippen LogP contribution < -0.4 is 0 Å². The lowest BCUT2D eigenvalue weighted by molar-refractivity contribution is -0.256. The van der Waals surface area contributed by atoms with Gasteiger partial charge in [-0.2, -0.15) is 0 Å². The Morgan fingerprint density at radius 3 is 1.99 bits per heavy atom. The van der Waals surface area contributed by atoms with Crippen LogP contribution in [0, 0.1) is 11.8 Å². The third kappa shape index (κ3) is 14.0. The van der Waals surface area contributed by atoms with E-state index in [1.165, 1.54) is 0 Å². The molecule has 0 aromatic rings. The van der Waals surface area contributed by atoms with Crippen molar-refractivity contribution in [2.24, 2.45) is 11.8 Å². The summed E-state index contributed by atoms with van der Waals surface area (Å²) in [6.07, 6.45) is 7.61. The molecule has 6 aliphatic heterocycles. The molecule has 0 aliphatic carbocycles. The SMILES string of the molecule is C=CCC1O[C@@H]2CC(O[C@@]3(CCC4CC(=C)C(CCC5CC(C)C(=C)C(C[C@@H]6O[C@H](CC(CO[Si](CC)(CC)CC)O[Si](CC)(CC)CC)[C@H](OC)C6CCO)O5)O4)CC(O)C2O3)C1O[Si](CC)(CC)CC. The molecule has 0 aromatic carbocycles. The van der Waals surface area contributed by atoms with E-state index in [9.17, 15) is 10.2 Å². The van der Waals surface area contributed by atoms with E-state index in [1.807, 2.05) is 6.08 Å². The van der Waals surface area contributed by atoms with Gasteiger partial charge >= 0.3 is 0 Å². The van der Waals surface area contributed by atoms with E-state index in [-0.39, 0.29) is 85.8 Å². The molecule has 4 bridgehead atoms. The summed E-state index contributed by atoms with van der Waals surface area (Å²) in [5, 5.41) is 21.8. The third-order valence-corrected chi connectivity index (χ3v) is 33.3. The number of ether oxygens (including phenoxy) is 7. The van der Waals surface area contributed by atoms with Gasteiger partial charge in [0.1, 0.15) is 6.10 Å². The molecule has 0 saturated carbocycles. The van der Waals surface area contributed by atoms with Crippen molar-refractivity contribution in [3.8, 4) is 0 Å². The smallest absolute Gasteiger partial charge is 0.192 e. The Hall–Kier alpha value is -0.609. The summed E-state index contributed by atoms with van der Waals surface area (Å²) in [6, 6.07) is 9.68. The average Bonchev–Trinajstić information content (AvgIpc) is 4.00. The molecule has 72 heavy (non-hydrogen) atoms. The third-order valence-electron chi connectivity index (χ3n) is 19.3. The first kappa shape index (κ1) is 60.6. The van der Waals surface area contributed by atoms with Crippen LogP contribution in [-0.2, 0) is 46.4 Å². The average molecular weight is 1070 g/mol. The second kappa shape index (κ2) is 27.3. The molecule has 0 radical (unpaired) electrons. The molecule has 12 nitrogen and oxygen atoms in total.